The average molecular weight is 311 g/mol. The summed E-state index contributed by atoms with van der Waals surface area (Å²) in [4.78, 5) is 4.20. The number of rotatable bonds is 4. The molecular weight excluding hydrogens is 294 g/mol. The van der Waals surface area contributed by atoms with E-state index in [0.29, 0.717) is 6.61 Å². The molecule has 24 heavy (non-hydrogen) atoms. The average Bonchev–Trinajstić information content (AvgIpc) is 2.67. The van der Waals surface area contributed by atoms with Crippen LogP contribution in [0.5, 0.6) is 5.75 Å². The van der Waals surface area contributed by atoms with Crippen molar-refractivity contribution in [1.29, 1.82) is 0 Å². The van der Waals surface area contributed by atoms with Crippen LogP contribution in [0.2, 0.25) is 0 Å². The van der Waals surface area contributed by atoms with E-state index in [4.69, 9.17) is 4.74 Å². The first-order chi connectivity index (χ1) is 11.9. The monoisotopic (exact) mass is 311 g/mol. The lowest BCUT2D eigenvalue weighted by molar-refractivity contribution is 0.306. The van der Waals surface area contributed by atoms with Crippen LogP contribution >= 0.6 is 0 Å². The van der Waals surface area contributed by atoms with Crippen LogP contribution in [0.3, 0.4) is 0 Å². The minimum absolute atomic E-state index is 0.573. The number of ether oxygens (including phenoxy) is 1. The van der Waals surface area contributed by atoms with Crippen molar-refractivity contribution in [1.82, 2.24) is 4.98 Å². The first-order valence-corrected chi connectivity index (χ1v) is 8.00. The molecule has 0 saturated heterocycles. The van der Waals surface area contributed by atoms with Gasteiger partial charge in [0.05, 0.1) is 0 Å². The van der Waals surface area contributed by atoms with E-state index in [1.54, 1.807) is 0 Å². The minimum atomic E-state index is 0.573. The van der Waals surface area contributed by atoms with Gasteiger partial charge in [0.2, 0.25) is 0 Å². The number of benzene rings is 3. The standard InChI is InChI=1S/C22H17NO/c1-2-6-17(7-3-1)16-24-20-10-4-8-18(14-20)21-11-5-9-19-15-23-13-12-22(19)21/h1-15H,16H2. The third-order valence-electron chi connectivity index (χ3n) is 4.07. The van der Waals surface area contributed by atoms with E-state index in [0.717, 1.165) is 16.7 Å². The summed E-state index contributed by atoms with van der Waals surface area (Å²) in [7, 11) is 0. The molecule has 0 atom stereocenters. The first kappa shape index (κ1) is 14.5. The molecule has 0 radical (unpaired) electrons. The summed E-state index contributed by atoms with van der Waals surface area (Å²) in [6, 6.07) is 26.8. The van der Waals surface area contributed by atoms with E-state index in [-0.39, 0.29) is 0 Å². The molecule has 0 fully saturated rings. The van der Waals surface area contributed by atoms with Crippen LogP contribution in [0.4, 0.5) is 0 Å². The second-order valence-corrected chi connectivity index (χ2v) is 5.70. The smallest absolute Gasteiger partial charge is 0.120 e. The van der Waals surface area contributed by atoms with E-state index in [2.05, 4.69) is 53.5 Å². The molecule has 2 heteroatoms. The van der Waals surface area contributed by atoms with Crippen molar-refractivity contribution in [2.75, 3.05) is 0 Å². The lowest BCUT2D eigenvalue weighted by atomic mass is 9.99. The first-order valence-electron chi connectivity index (χ1n) is 8.00. The predicted molar refractivity (Wildman–Crippen MR) is 98.0 cm³/mol. The Morgan fingerprint density at radius 1 is 0.792 bits per heavy atom. The number of nitrogens with zero attached hydrogens (tertiary/aromatic N) is 1. The van der Waals surface area contributed by atoms with Gasteiger partial charge in [-0.1, -0.05) is 60.7 Å². The zero-order chi connectivity index (χ0) is 16.2. The molecule has 0 spiro atoms. The highest BCUT2D eigenvalue weighted by Crippen LogP contribution is 2.30. The molecule has 0 aliphatic heterocycles. The largest absolute Gasteiger partial charge is 0.489 e. The second kappa shape index (κ2) is 6.55. The summed E-state index contributed by atoms with van der Waals surface area (Å²) < 4.78 is 5.95. The van der Waals surface area contributed by atoms with Gasteiger partial charge in [0, 0.05) is 17.8 Å². The molecule has 0 aliphatic carbocycles. The van der Waals surface area contributed by atoms with Crippen LogP contribution in [-0.4, -0.2) is 4.98 Å². The molecule has 116 valence electrons. The molecule has 1 heterocycles. The Hall–Kier alpha value is -3.13. The van der Waals surface area contributed by atoms with Gasteiger partial charge in [0.15, 0.2) is 0 Å². The van der Waals surface area contributed by atoms with Crippen molar-refractivity contribution in [3.63, 3.8) is 0 Å². The Kier molecular flexibility index (Phi) is 3.95. The molecule has 2 nitrogen and oxygen atoms in total. The fraction of sp³-hybridized carbons (Fsp3) is 0.0455. The Morgan fingerprint density at radius 3 is 2.58 bits per heavy atom. The van der Waals surface area contributed by atoms with Gasteiger partial charge in [0.25, 0.3) is 0 Å². The minimum Gasteiger partial charge on any atom is -0.489 e. The molecule has 0 bridgehead atoms. The maximum absolute atomic E-state index is 5.95. The molecule has 4 rings (SSSR count). The van der Waals surface area contributed by atoms with Crippen LogP contribution in [0, 0.1) is 0 Å². The maximum Gasteiger partial charge on any atom is 0.120 e. The highest BCUT2D eigenvalue weighted by molar-refractivity contribution is 5.96. The Balaban J connectivity index is 1.64. The highest BCUT2D eigenvalue weighted by atomic mass is 16.5. The molecule has 1 aromatic heterocycles. The van der Waals surface area contributed by atoms with Crippen molar-refractivity contribution in [2.24, 2.45) is 0 Å². The molecule has 3 aromatic carbocycles. The van der Waals surface area contributed by atoms with Crippen molar-refractivity contribution in [3.05, 3.63) is 96.8 Å². The van der Waals surface area contributed by atoms with E-state index < -0.39 is 0 Å². The van der Waals surface area contributed by atoms with E-state index in [9.17, 15) is 0 Å². The Bertz CT molecular complexity index is 958. The Labute approximate surface area is 141 Å². The van der Waals surface area contributed by atoms with Crippen LogP contribution in [0.1, 0.15) is 5.56 Å². The number of hydrogen-bond donors (Lipinski definition) is 0. The highest BCUT2D eigenvalue weighted by Gasteiger charge is 2.05. The van der Waals surface area contributed by atoms with E-state index >= 15 is 0 Å². The second-order valence-electron chi connectivity index (χ2n) is 5.70. The molecule has 0 saturated carbocycles. The lowest BCUT2D eigenvalue weighted by Gasteiger charge is -2.10. The van der Waals surface area contributed by atoms with Crippen LogP contribution in [-0.2, 0) is 6.61 Å². The summed E-state index contributed by atoms with van der Waals surface area (Å²) in [6.07, 6.45) is 3.73. The van der Waals surface area contributed by atoms with Gasteiger partial charge < -0.3 is 4.74 Å². The quantitative estimate of drug-likeness (QED) is 0.498. The maximum atomic E-state index is 5.95. The SMILES string of the molecule is c1ccc(COc2cccc(-c3cccc4cnccc34)c2)cc1. The fourth-order valence-corrected chi connectivity index (χ4v) is 2.87. The van der Waals surface area contributed by atoms with E-state index in [1.807, 2.05) is 42.7 Å². The Morgan fingerprint density at radius 2 is 1.67 bits per heavy atom. The summed E-state index contributed by atoms with van der Waals surface area (Å²) in [5.74, 6) is 0.877. The van der Waals surface area contributed by atoms with Gasteiger partial charge in [-0.15, -0.1) is 0 Å². The summed E-state index contributed by atoms with van der Waals surface area (Å²) in [5, 5.41) is 2.35. The van der Waals surface area contributed by atoms with Gasteiger partial charge in [-0.25, -0.2) is 0 Å². The zero-order valence-electron chi connectivity index (χ0n) is 13.2. The van der Waals surface area contributed by atoms with Gasteiger partial charge in [0.1, 0.15) is 12.4 Å². The molecular formula is C22H17NO. The fourth-order valence-electron chi connectivity index (χ4n) is 2.87. The summed E-state index contributed by atoms with van der Waals surface area (Å²) in [5.41, 5.74) is 3.51. The van der Waals surface area contributed by atoms with Crippen LogP contribution in [0.25, 0.3) is 21.9 Å². The number of fused-ring (bicyclic) bond motifs is 1. The topological polar surface area (TPSA) is 22.1 Å². The lowest BCUT2D eigenvalue weighted by Crippen LogP contribution is -1.95. The van der Waals surface area contributed by atoms with Gasteiger partial charge in [-0.3, -0.25) is 4.98 Å². The zero-order valence-corrected chi connectivity index (χ0v) is 13.2. The normalized spacial score (nSPS) is 10.7. The summed E-state index contributed by atoms with van der Waals surface area (Å²) >= 11 is 0. The van der Waals surface area contributed by atoms with E-state index in [1.165, 1.54) is 16.5 Å². The van der Waals surface area contributed by atoms with Crippen molar-refractivity contribution < 1.29 is 4.74 Å². The molecule has 0 amide bonds. The number of pyridine rings is 1. The van der Waals surface area contributed by atoms with Crippen molar-refractivity contribution in [2.45, 2.75) is 6.61 Å². The van der Waals surface area contributed by atoms with Crippen LogP contribution in [0.15, 0.2) is 91.3 Å². The molecule has 0 N–H and O–H groups in total. The molecule has 4 aromatic rings. The van der Waals surface area contributed by atoms with Crippen LogP contribution < -0.4 is 4.74 Å². The van der Waals surface area contributed by atoms with Gasteiger partial charge >= 0.3 is 0 Å². The number of aromatic nitrogens is 1. The summed E-state index contributed by atoms with van der Waals surface area (Å²) in [6.45, 7) is 0.573. The van der Waals surface area contributed by atoms with Crippen molar-refractivity contribution >= 4 is 10.8 Å². The predicted octanol–water partition coefficient (Wildman–Crippen LogP) is 5.48. The van der Waals surface area contributed by atoms with Gasteiger partial charge in [-0.05, 0) is 40.3 Å². The third-order valence-corrected chi connectivity index (χ3v) is 4.07. The number of hydrogen-bond acceptors (Lipinski definition) is 2. The van der Waals surface area contributed by atoms with Gasteiger partial charge in [-0.2, -0.15) is 0 Å². The molecule has 0 unspecified atom stereocenters. The third kappa shape index (κ3) is 2.99. The molecule has 0 aliphatic rings. The van der Waals surface area contributed by atoms with Crippen molar-refractivity contribution in [3.8, 4) is 16.9 Å².